The highest BCUT2D eigenvalue weighted by molar-refractivity contribution is 6.30. The van der Waals surface area contributed by atoms with Crippen molar-refractivity contribution in [3.05, 3.63) is 42.0 Å². The summed E-state index contributed by atoms with van der Waals surface area (Å²) in [6.45, 7) is 0. The van der Waals surface area contributed by atoms with E-state index in [2.05, 4.69) is 11.3 Å². The number of rotatable bonds is 1. The van der Waals surface area contributed by atoms with Crippen molar-refractivity contribution in [1.29, 1.82) is 0 Å². The maximum absolute atomic E-state index is 5.16. The molecule has 1 aromatic carbocycles. The van der Waals surface area contributed by atoms with Crippen LogP contribution < -0.4 is 0 Å². The Morgan fingerprint density at radius 3 is 2.55 bits per heavy atom. The van der Waals surface area contributed by atoms with Crippen molar-refractivity contribution in [3.8, 4) is 11.3 Å². The summed E-state index contributed by atoms with van der Waals surface area (Å²) in [6, 6.07) is 9.95. The third kappa shape index (κ3) is 2.93. The van der Waals surface area contributed by atoms with E-state index >= 15 is 0 Å². The van der Waals surface area contributed by atoms with E-state index in [1.807, 2.05) is 36.4 Å². The Hall–Kier alpha value is -1.19. The maximum Gasteiger partial charge on any atom is 0.00889 e. The SMILES string of the molecule is ClC#C/C=C/c1ccccc1. The van der Waals surface area contributed by atoms with Crippen molar-refractivity contribution in [2.75, 3.05) is 0 Å². The van der Waals surface area contributed by atoms with Crippen molar-refractivity contribution in [2.24, 2.45) is 0 Å². The number of allylic oxidation sites excluding steroid dienone is 1. The molecule has 0 aliphatic carbocycles. The molecule has 54 valence electrons. The summed E-state index contributed by atoms with van der Waals surface area (Å²) < 4.78 is 0. The van der Waals surface area contributed by atoms with Gasteiger partial charge in [0, 0.05) is 5.38 Å². The lowest BCUT2D eigenvalue weighted by molar-refractivity contribution is 1.66. The zero-order valence-corrected chi connectivity index (χ0v) is 6.68. The van der Waals surface area contributed by atoms with Crippen molar-refractivity contribution in [1.82, 2.24) is 0 Å². The van der Waals surface area contributed by atoms with Crippen LogP contribution in [0.1, 0.15) is 5.56 Å². The minimum Gasteiger partial charge on any atom is -0.0622 e. The molecule has 1 aromatic rings. The second-order valence-electron chi connectivity index (χ2n) is 1.98. The van der Waals surface area contributed by atoms with E-state index in [4.69, 9.17) is 11.6 Å². The van der Waals surface area contributed by atoms with Gasteiger partial charge in [-0.2, -0.15) is 0 Å². The molecule has 1 rings (SSSR count). The van der Waals surface area contributed by atoms with Crippen molar-refractivity contribution >= 4 is 17.7 Å². The molecule has 0 saturated carbocycles. The maximum atomic E-state index is 5.16. The highest BCUT2D eigenvalue weighted by Gasteiger charge is 1.78. The molecule has 0 atom stereocenters. The van der Waals surface area contributed by atoms with E-state index in [0.717, 1.165) is 5.56 Å². The predicted molar refractivity (Wildman–Crippen MR) is 49.1 cm³/mol. The molecule has 0 amide bonds. The molecule has 0 spiro atoms. The monoisotopic (exact) mass is 162 g/mol. The first-order valence-corrected chi connectivity index (χ1v) is 3.64. The zero-order chi connectivity index (χ0) is 7.94. The Labute approximate surface area is 71.5 Å². The summed E-state index contributed by atoms with van der Waals surface area (Å²) >= 11 is 5.16. The van der Waals surface area contributed by atoms with Crippen LogP contribution in [0.3, 0.4) is 0 Å². The van der Waals surface area contributed by atoms with Crippen molar-refractivity contribution < 1.29 is 0 Å². The van der Waals surface area contributed by atoms with Crippen LogP contribution in [0, 0.1) is 11.3 Å². The fourth-order valence-electron chi connectivity index (χ4n) is 0.734. The Balaban J connectivity index is 2.69. The third-order valence-corrected chi connectivity index (χ3v) is 1.32. The predicted octanol–water partition coefficient (Wildman–Crippen LogP) is 2.90. The van der Waals surface area contributed by atoms with Crippen LogP contribution in [0.4, 0.5) is 0 Å². The normalized spacial score (nSPS) is 9.18. The van der Waals surface area contributed by atoms with Crippen LogP contribution in [0.2, 0.25) is 0 Å². The molecule has 1 heteroatoms. The van der Waals surface area contributed by atoms with E-state index in [1.165, 1.54) is 0 Å². The quantitative estimate of drug-likeness (QED) is 0.557. The molecule has 0 saturated heterocycles. The second kappa shape index (κ2) is 4.60. The minimum absolute atomic E-state index is 1.13. The summed E-state index contributed by atoms with van der Waals surface area (Å²) in [5.41, 5.74) is 1.13. The summed E-state index contributed by atoms with van der Waals surface area (Å²) in [6.07, 6.45) is 3.64. The Bertz CT molecular complexity index is 288. The van der Waals surface area contributed by atoms with Gasteiger partial charge in [0.15, 0.2) is 0 Å². The molecule has 0 fully saturated rings. The Morgan fingerprint density at radius 1 is 1.18 bits per heavy atom. The van der Waals surface area contributed by atoms with Crippen LogP contribution >= 0.6 is 11.6 Å². The molecular weight excluding hydrogens is 156 g/mol. The van der Waals surface area contributed by atoms with Crippen LogP contribution in [-0.4, -0.2) is 0 Å². The number of hydrogen-bond acceptors (Lipinski definition) is 0. The second-order valence-corrected chi connectivity index (χ2v) is 2.17. The van der Waals surface area contributed by atoms with Crippen LogP contribution in [0.25, 0.3) is 6.08 Å². The average molecular weight is 163 g/mol. The van der Waals surface area contributed by atoms with E-state index < -0.39 is 0 Å². The van der Waals surface area contributed by atoms with Gasteiger partial charge in [-0.15, -0.1) is 0 Å². The van der Waals surface area contributed by atoms with Gasteiger partial charge in [-0.25, -0.2) is 0 Å². The van der Waals surface area contributed by atoms with Crippen LogP contribution in [0.5, 0.6) is 0 Å². The van der Waals surface area contributed by atoms with Gasteiger partial charge in [-0.05, 0) is 29.3 Å². The van der Waals surface area contributed by atoms with E-state index in [9.17, 15) is 0 Å². The molecule has 11 heavy (non-hydrogen) atoms. The lowest BCUT2D eigenvalue weighted by Crippen LogP contribution is -1.66. The molecule has 0 nitrogen and oxygen atoms in total. The van der Waals surface area contributed by atoms with E-state index in [-0.39, 0.29) is 0 Å². The largest absolute Gasteiger partial charge is 0.0622 e. The summed E-state index contributed by atoms with van der Waals surface area (Å²) in [5, 5.41) is 2.27. The third-order valence-electron chi connectivity index (χ3n) is 1.21. The average Bonchev–Trinajstić information content (AvgIpc) is 2.07. The lowest BCUT2D eigenvalue weighted by atomic mass is 10.2. The highest BCUT2D eigenvalue weighted by Crippen LogP contribution is 1.99. The highest BCUT2D eigenvalue weighted by atomic mass is 35.5. The van der Waals surface area contributed by atoms with Crippen LogP contribution in [-0.2, 0) is 0 Å². The zero-order valence-electron chi connectivity index (χ0n) is 5.92. The number of halogens is 1. The molecule has 0 aromatic heterocycles. The summed E-state index contributed by atoms with van der Waals surface area (Å²) in [5.74, 6) is 2.63. The standard InChI is InChI=1S/C10H7Cl/c11-9-5-4-8-10-6-2-1-3-7-10/h1-4,6-8H/b8-4+. The Kier molecular flexibility index (Phi) is 3.31. The smallest absolute Gasteiger partial charge is 0.00889 e. The lowest BCUT2D eigenvalue weighted by Gasteiger charge is -1.86. The van der Waals surface area contributed by atoms with E-state index in [0.29, 0.717) is 0 Å². The van der Waals surface area contributed by atoms with Gasteiger partial charge in [-0.3, -0.25) is 0 Å². The first kappa shape index (κ1) is 7.91. The minimum atomic E-state index is 1.13. The van der Waals surface area contributed by atoms with Gasteiger partial charge >= 0.3 is 0 Å². The molecule has 0 unspecified atom stereocenters. The molecule has 0 bridgehead atoms. The molecule has 0 N–H and O–H groups in total. The Morgan fingerprint density at radius 2 is 1.91 bits per heavy atom. The molecule has 0 aliphatic heterocycles. The first-order valence-electron chi connectivity index (χ1n) is 3.26. The van der Waals surface area contributed by atoms with Crippen molar-refractivity contribution in [2.45, 2.75) is 0 Å². The first-order chi connectivity index (χ1) is 5.43. The van der Waals surface area contributed by atoms with Gasteiger partial charge in [0.1, 0.15) is 0 Å². The molecule has 0 heterocycles. The van der Waals surface area contributed by atoms with Gasteiger partial charge in [0.2, 0.25) is 0 Å². The summed E-state index contributed by atoms with van der Waals surface area (Å²) in [4.78, 5) is 0. The van der Waals surface area contributed by atoms with Gasteiger partial charge in [-0.1, -0.05) is 36.3 Å². The van der Waals surface area contributed by atoms with Crippen molar-refractivity contribution in [3.63, 3.8) is 0 Å². The fraction of sp³-hybridized carbons (Fsp3) is 0. The molecule has 0 radical (unpaired) electrons. The topological polar surface area (TPSA) is 0 Å². The molecular formula is C10H7Cl. The number of benzene rings is 1. The van der Waals surface area contributed by atoms with Crippen LogP contribution in [0.15, 0.2) is 36.4 Å². The van der Waals surface area contributed by atoms with Gasteiger partial charge in [0.25, 0.3) is 0 Å². The number of hydrogen-bond donors (Lipinski definition) is 0. The van der Waals surface area contributed by atoms with E-state index in [1.54, 1.807) is 6.08 Å². The molecule has 0 aliphatic rings. The fourth-order valence-corrected chi connectivity index (χ4v) is 0.797. The summed E-state index contributed by atoms with van der Waals surface area (Å²) in [7, 11) is 0. The van der Waals surface area contributed by atoms with Gasteiger partial charge in [0.05, 0.1) is 0 Å². The van der Waals surface area contributed by atoms with Gasteiger partial charge < -0.3 is 0 Å².